The van der Waals surface area contributed by atoms with Crippen LogP contribution >= 0.6 is 0 Å². The third-order valence-electron chi connectivity index (χ3n) is 13.4. The van der Waals surface area contributed by atoms with E-state index in [1.807, 2.05) is 13.8 Å². The van der Waals surface area contributed by atoms with Crippen molar-refractivity contribution in [2.24, 2.45) is 45.8 Å². The Morgan fingerprint density at radius 3 is 2.52 bits per heavy atom. The minimum absolute atomic E-state index is 0.0157. The Morgan fingerprint density at radius 1 is 1.14 bits per heavy atom. The lowest BCUT2D eigenvalue weighted by Crippen LogP contribution is -2.62. The fourth-order valence-corrected chi connectivity index (χ4v) is 10.7. The molecular formula is C35H58O7. The number of ketones is 1. The monoisotopic (exact) mass is 590 g/mol. The summed E-state index contributed by atoms with van der Waals surface area (Å²) in [6.45, 7) is 15.3. The molecule has 240 valence electrons. The molecule has 5 aliphatic rings. The highest BCUT2D eigenvalue weighted by atomic mass is 16.7. The van der Waals surface area contributed by atoms with Gasteiger partial charge in [0.2, 0.25) is 0 Å². The molecule has 0 aromatic rings. The average Bonchev–Trinajstić information content (AvgIpc) is 3.18. The number of allylic oxidation sites excluding steroid dienone is 1. The van der Waals surface area contributed by atoms with Crippen LogP contribution in [0.25, 0.3) is 0 Å². The van der Waals surface area contributed by atoms with Gasteiger partial charge in [0, 0.05) is 24.2 Å². The Hall–Kier alpha value is -0.830. The zero-order valence-corrected chi connectivity index (χ0v) is 27.1. The normalized spacial score (nSPS) is 48.2. The Bertz CT molecular complexity index is 1030. The van der Waals surface area contributed by atoms with Crippen molar-refractivity contribution in [3.8, 4) is 0 Å². The zero-order valence-electron chi connectivity index (χ0n) is 27.1. The molecule has 0 bridgehead atoms. The molecule has 0 radical (unpaired) electrons. The number of hydrogen-bond acceptors (Lipinski definition) is 7. The third kappa shape index (κ3) is 5.26. The van der Waals surface area contributed by atoms with Crippen molar-refractivity contribution in [1.82, 2.24) is 0 Å². The highest BCUT2D eigenvalue weighted by Gasteiger charge is 2.69. The maximum atomic E-state index is 14.5. The van der Waals surface area contributed by atoms with E-state index in [1.54, 1.807) is 0 Å². The fraction of sp³-hybridized carbons (Fsp3) is 0.914. The smallest absolute Gasteiger partial charge is 0.186 e. The predicted octanol–water partition coefficient (Wildman–Crippen LogP) is 5.17. The van der Waals surface area contributed by atoms with E-state index >= 15 is 0 Å². The van der Waals surface area contributed by atoms with Crippen molar-refractivity contribution in [1.29, 1.82) is 0 Å². The molecule has 3 unspecified atom stereocenters. The summed E-state index contributed by atoms with van der Waals surface area (Å²) in [6, 6.07) is 0. The Morgan fingerprint density at radius 2 is 1.86 bits per heavy atom. The summed E-state index contributed by atoms with van der Waals surface area (Å²) in [4.78, 5) is 14.5. The Labute approximate surface area is 253 Å². The van der Waals surface area contributed by atoms with Crippen molar-refractivity contribution >= 4 is 5.78 Å². The summed E-state index contributed by atoms with van der Waals surface area (Å²) in [5.41, 5.74) is 0.368. The van der Waals surface area contributed by atoms with Gasteiger partial charge in [-0.3, -0.25) is 4.79 Å². The van der Waals surface area contributed by atoms with Gasteiger partial charge in [0.1, 0.15) is 11.9 Å². The molecular weight excluding hydrogens is 532 g/mol. The number of ether oxygens (including phenoxy) is 2. The van der Waals surface area contributed by atoms with Crippen LogP contribution in [0.5, 0.6) is 0 Å². The van der Waals surface area contributed by atoms with E-state index in [2.05, 4.69) is 40.7 Å². The summed E-state index contributed by atoms with van der Waals surface area (Å²) in [5, 5.41) is 40.7. The minimum Gasteiger partial charge on any atom is -0.394 e. The quantitative estimate of drug-likeness (QED) is 0.288. The van der Waals surface area contributed by atoms with Crippen LogP contribution in [0.15, 0.2) is 11.6 Å². The number of rotatable bonds is 8. The van der Waals surface area contributed by atoms with Crippen molar-refractivity contribution in [3.05, 3.63) is 11.6 Å². The lowest BCUT2D eigenvalue weighted by atomic mass is 9.39. The second-order valence-electron chi connectivity index (χ2n) is 16.2. The van der Waals surface area contributed by atoms with Crippen LogP contribution in [0, 0.1) is 45.8 Å². The third-order valence-corrected chi connectivity index (χ3v) is 13.4. The van der Waals surface area contributed by atoms with Crippen LogP contribution in [-0.4, -0.2) is 69.1 Å². The van der Waals surface area contributed by atoms with Gasteiger partial charge in [-0.2, -0.15) is 0 Å². The van der Waals surface area contributed by atoms with Crippen molar-refractivity contribution in [2.45, 2.75) is 149 Å². The van der Waals surface area contributed by atoms with Crippen LogP contribution in [-0.2, 0) is 14.3 Å². The first-order valence-electron chi connectivity index (χ1n) is 16.8. The summed E-state index contributed by atoms with van der Waals surface area (Å²) in [5.74, 6) is 2.06. The molecule has 0 spiro atoms. The standard InChI is InChI=1S/C35H58O7/c1-20(9-8-15-32(3,4)40)24-14-16-33(5)28-13-10-23-21(2)27(42-31-30(39)26(37)17-22(19-36)41-31)12-11-25(23)35(28,7)29(38)18-34(24,33)6/h10,20-22,24-28,30-31,36-37,39-40H,8-9,11-19H2,1-7H3/t20-,21-,22+,24?,25?,26+,27+,28?,30-,31+,33+,34-,35+/m1/s1. The van der Waals surface area contributed by atoms with Gasteiger partial charge in [-0.15, -0.1) is 0 Å². The maximum absolute atomic E-state index is 14.5. The number of aliphatic hydroxyl groups is 4. The van der Waals surface area contributed by atoms with Crippen molar-refractivity contribution < 1.29 is 34.7 Å². The van der Waals surface area contributed by atoms with Gasteiger partial charge in [-0.25, -0.2) is 0 Å². The molecule has 0 aromatic carbocycles. The van der Waals surface area contributed by atoms with Crippen LogP contribution < -0.4 is 0 Å². The van der Waals surface area contributed by atoms with E-state index in [0.29, 0.717) is 30.0 Å². The zero-order chi connectivity index (χ0) is 30.8. The molecule has 1 aliphatic heterocycles. The second-order valence-corrected chi connectivity index (χ2v) is 16.2. The van der Waals surface area contributed by atoms with Gasteiger partial charge < -0.3 is 29.9 Å². The van der Waals surface area contributed by atoms with Gasteiger partial charge in [0.15, 0.2) is 6.29 Å². The molecule has 42 heavy (non-hydrogen) atoms. The number of carbonyl (C=O) groups excluding carboxylic acids is 1. The summed E-state index contributed by atoms with van der Waals surface area (Å²) in [6.07, 6.45) is 7.20. The van der Waals surface area contributed by atoms with Crippen LogP contribution in [0.4, 0.5) is 0 Å². The Kier molecular flexibility index (Phi) is 8.92. The van der Waals surface area contributed by atoms with Gasteiger partial charge in [0.05, 0.1) is 30.5 Å². The van der Waals surface area contributed by atoms with E-state index in [9.17, 15) is 25.2 Å². The molecule has 1 heterocycles. The number of Topliss-reactive ketones (excluding diaryl/α,β-unsaturated/α-hetero) is 1. The average molecular weight is 591 g/mol. The molecule has 1 saturated heterocycles. The first-order valence-corrected chi connectivity index (χ1v) is 16.8. The second kappa shape index (κ2) is 11.5. The van der Waals surface area contributed by atoms with E-state index in [4.69, 9.17) is 9.47 Å². The molecule has 13 atom stereocenters. The largest absolute Gasteiger partial charge is 0.394 e. The molecule has 7 nitrogen and oxygen atoms in total. The van der Waals surface area contributed by atoms with Gasteiger partial charge in [-0.05, 0) is 86.9 Å². The minimum atomic E-state index is -1.15. The van der Waals surface area contributed by atoms with Crippen LogP contribution in [0.3, 0.4) is 0 Å². The highest BCUT2D eigenvalue weighted by molar-refractivity contribution is 5.88. The van der Waals surface area contributed by atoms with Gasteiger partial charge in [-0.1, -0.05) is 59.1 Å². The van der Waals surface area contributed by atoms with Crippen LogP contribution in [0.2, 0.25) is 0 Å². The fourth-order valence-electron chi connectivity index (χ4n) is 10.7. The predicted molar refractivity (Wildman–Crippen MR) is 161 cm³/mol. The first-order chi connectivity index (χ1) is 19.6. The van der Waals surface area contributed by atoms with Crippen molar-refractivity contribution in [2.75, 3.05) is 6.61 Å². The van der Waals surface area contributed by atoms with E-state index < -0.39 is 35.6 Å². The first kappa shape index (κ1) is 32.6. The number of carbonyl (C=O) groups is 1. The Balaban J connectivity index is 1.34. The van der Waals surface area contributed by atoms with Crippen LogP contribution in [0.1, 0.15) is 113 Å². The number of aliphatic hydroxyl groups excluding tert-OH is 3. The van der Waals surface area contributed by atoms with Gasteiger partial charge >= 0.3 is 0 Å². The summed E-state index contributed by atoms with van der Waals surface area (Å²) < 4.78 is 12.1. The maximum Gasteiger partial charge on any atom is 0.186 e. The molecule has 5 rings (SSSR count). The molecule has 4 N–H and O–H groups in total. The SMILES string of the molecule is C[C@H](CCCC(C)(C)O)C1CC[C@@]2(C)C3CC=C4C(CC[C@H](O[C@@H]5O[C@H](CO)C[C@H](O)[C@H]5O)[C@@H]4C)[C@]3(C)C(=O)C[C@]12C. The van der Waals surface area contributed by atoms with E-state index in [-0.39, 0.29) is 41.8 Å². The lowest BCUT2D eigenvalue weighted by molar-refractivity contribution is -0.290. The lowest BCUT2D eigenvalue weighted by Gasteiger charge is -2.64. The summed E-state index contributed by atoms with van der Waals surface area (Å²) in [7, 11) is 0. The van der Waals surface area contributed by atoms with E-state index in [0.717, 1.165) is 38.5 Å². The number of hydrogen-bond donors (Lipinski definition) is 4. The molecule has 0 aromatic heterocycles. The molecule has 4 aliphatic carbocycles. The molecule has 0 amide bonds. The van der Waals surface area contributed by atoms with Gasteiger partial charge in [0.25, 0.3) is 0 Å². The molecule has 3 saturated carbocycles. The number of fused-ring (bicyclic) bond motifs is 5. The van der Waals surface area contributed by atoms with E-state index in [1.165, 1.54) is 18.4 Å². The summed E-state index contributed by atoms with van der Waals surface area (Å²) >= 11 is 0. The topological polar surface area (TPSA) is 116 Å². The highest BCUT2D eigenvalue weighted by Crippen LogP contribution is 2.73. The van der Waals surface area contributed by atoms with Crippen molar-refractivity contribution in [3.63, 3.8) is 0 Å². The molecule has 4 fully saturated rings. The molecule has 7 heteroatoms.